The molecular weight excluding hydrogens is 406 g/mol. The minimum absolute atomic E-state index is 0.108. The Morgan fingerprint density at radius 1 is 0.636 bits per heavy atom. The number of hydrogen-bond acceptors (Lipinski definition) is 3. The van der Waals surface area contributed by atoms with Crippen LogP contribution >= 0.6 is 0 Å². The molecule has 0 bridgehead atoms. The molecule has 0 aliphatic heterocycles. The van der Waals surface area contributed by atoms with Crippen molar-refractivity contribution < 1.29 is 4.79 Å². The van der Waals surface area contributed by atoms with Crippen LogP contribution in [-0.4, -0.2) is 22.4 Å². The van der Waals surface area contributed by atoms with E-state index in [9.17, 15) is 4.79 Å². The number of carbonyl (C=O) groups excluding carboxylic acids is 1. The van der Waals surface area contributed by atoms with Crippen molar-refractivity contribution in [1.29, 1.82) is 0 Å². The van der Waals surface area contributed by atoms with Crippen LogP contribution in [-0.2, 0) is 6.42 Å². The Hall–Kier alpha value is -4.31. The lowest BCUT2D eigenvalue weighted by Crippen LogP contribution is -2.25. The summed E-state index contributed by atoms with van der Waals surface area (Å²) >= 11 is 0. The van der Waals surface area contributed by atoms with Gasteiger partial charge in [-0.1, -0.05) is 91.0 Å². The van der Waals surface area contributed by atoms with E-state index < -0.39 is 0 Å². The van der Waals surface area contributed by atoms with E-state index in [0.717, 1.165) is 34.5 Å². The quantitative estimate of drug-likeness (QED) is 0.364. The number of amides is 1. The van der Waals surface area contributed by atoms with Crippen molar-refractivity contribution in [1.82, 2.24) is 15.3 Å². The second-order valence-electron chi connectivity index (χ2n) is 7.85. The number of aromatic nitrogens is 2. The van der Waals surface area contributed by atoms with Gasteiger partial charge >= 0.3 is 0 Å². The second kappa shape index (κ2) is 9.45. The molecule has 1 N–H and O–H groups in total. The van der Waals surface area contributed by atoms with Gasteiger partial charge in [0.1, 0.15) is 0 Å². The first-order valence-electron chi connectivity index (χ1n) is 11.0. The summed E-state index contributed by atoms with van der Waals surface area (Å²) in [5.74, 6) is -0.108. The van der Waals surface area contributed by atoms with Crippen LogP contribution in [0.25, 0.3) is 33.5 Å². The molecule has 4 aromatic carbocycles. The first kappa shape index (κ1) is 20.6. The molecule has 1 amide bonds. The molecule has 0 unspecified atom stereocenters. The van der Waals surface area contributed by atoms with Crippen molar-refractivity contribution in [2.45, 2.75) is 6.42 Å². The molecule has 160 valence electrons. The zero-order valence-electron chi connectivity index (χ0n) is 18.1. The Morgan fingerprint density at radius 2 is 1.18 bits per heavy atom. The molecule has 0 radical (unpaired) electrons. The summed E-state index contributed by atoms with van der Waals surface area (Å²) < 4.78 is 0. The van der Waals surface area contributed by atoms with E-state index in [0.29, 0.717) is 17.6 Å². The van der Waals surface area contributed by atoms with Crippen LogP contribution in [0.5, 0.6) is 0 Å². The van der Waals surface area contributed by atoms with E-state index in [-0.39, 0.29) is 5.91 Å². The van der Waals surface area contributed by atoms with Crippen LogP contribution in [0.4, 0.5) is 0 Å². The Labute approximate surface area is 193 Å². The van der Waals surface area contributed by atoms with Crippen molar-refractivity contribution in [3.05, 3.63) is 120 Å². The zero-order valence-corrected chi connectivity index (χ0v) is 18.1. The molecule has 0 atom stereocenters. The highest BCUT2D eigenvalue weighted by Gasteiger charge is 2.14. The monoisotopic (exact) mass is 429 g/mol. The molecule has 4 nitrogen and oxygen atoms in total. The standard InChI is InChI=1S/C29H23N3O/c33-29(30-19-18-21-10-4-1-5-11-21)24-16-17-25-26(20-24)32-28(23-14-8-3-9-15-23)27(31-25)22-12-6-2-7-13-22/h1-17,20H,18-19H2,(H,30,33). The number of benzene rings is 4. The predicted molar refractivity (Wildman–Crippen MR) is 133 cm³/mol. The smallest absolute Gasteiger partial charge is 0.251 e. The molecule has 1 heterocycles. The Balaban J connectivity index is 1.47. The van der Waals surface area contributed by atoms with Gasteiger partial charge in [-0.3, -0.25) is 4.79 Å². The van der Waals surface area contributed by atoms with Gasteiger partial charge in [0.25, 0.3) is 5.91 Å². The van der Waals surface area contributed by atoms with Crippen LogP contribution in [0.15, 0.2) is 109 Å². The van der Waals surface area contributed by atoms with Gasteiger partial charge in [-0.2, -0.15) is 0 Å². The highest BCUT2D eigenvalue weighted by molar-refractivity contribution is 5.98. The van der Waals surface area contributed by atoms with E-state index in [1.54, 1.807) is 0 Å². The Morgan fingerprint density at radius 3 is 1.79 bits per heavy atom. The summed E-state index contributed by atoms with van der Waals surface area (Å²) in [6.45, 7) is 0.578. The number of rotatable bonds is 6. The topological polar surface area (TPSA) is 54.9 Å². The summed E-state index contributed by atoms with van der Waals surface area (Å²) in [5, 5.41) is 3.01. The van der Waals surface area contributed by atoms with Crippen molar-refractivity contribution in [3.63, 3.8) is 0 Å². The molecule has 5 rings (SSSR count). The first-order valence-corrected chi connectivity index (χ1v) is 11.0. The van der Waals surface area contributed by atoms with Crippen LogP contribution < -0.4 is 5.32 Å². The van der Waals surface area contributed by atoms with Gasteiger partial charge in [0.05, 0.1) is 22.4 Å². The maximum Gasteiger partial charge on any atom is 0.251 e. The summed E-state index contributed by atoms with van der Waals surface area (Å²) in [4.78, 5) is 22.6. The lowest BCUT2D eigenvalue weighted by atomic mass is 10.0. The summed E-state index contributed by atoms with van der Waals surface area (Å²) in [6, 6.07) is 35.7. The highest BCUT2D eigenvalue weighted by atomic mass is 16.1. The normalized spacial score (nSPS) is 10.8. The minimum atomic E-state index is -0.108. The second-order valence-corrected chi connectivity index (χ2v) is 7.85. The van der Waals surface area contributed by atoms with Gasteiger partial charge in [0, 0.05) is 23.2 Å². The highest BCUT2D eigenvalue weighted by Crippen LogP contribution is 2.31. The zero-order chi connectivity index (χ0) is 22.5. The minimum Gasteiger partial charge on any atom is -0.352 e. The van der Waals surface area contributed by atoms with Crippen LogP contribution in [0.2, 0.25) is 0 Å². The molecular formula is C29H23N3O. The lowest BCUT2D eigenvalue weighted by molar-refractivity contribution is 0.0954. The van der Waals surface area contributed by atoms with Gasteiger partial charge in [0.15, 0.2) is 0 Å². The third-order valence-electron chi connectivity index (χ3n) is 5.56. The summed E-state index contributed by atoms with van der Waals surface area (Å²) in [7, 11) is 0. The van der Waals surface area contributed by atoms with Gasteiger partial charge in [-0.15, -0.1) is 0 Å². The average molecular weight is 430 g/mol. The van der Waals surface area contributed by atoms with E-state index >= 15 is 0 Å². The fraction of sp³-hybridized carbons (Fsp3) is 0.0690. The Bertz CT molecular complexity index is 1380. The van der Waals surface area contributed by atoms with Gasteiger partial charge < -0.3 is 5.32 Å². The number of nitrogens with zero attached hydrogens (tertiary/aromatic N) is 2. The van der Waals surface area contributed by atoms with Crippen LogP contribution in [0.1, 0.15) is 15.9 Å². The number of nitrogens with one attached hydrogen (secondary N) is 1. The van der Waals surface area contributed by atoms with Gasteiger partial charge in [-0.05, 0) is 30.2 Å². The molecule has 0 saturated heterocycles. The number of fused-ring (bicyclic) bond motifs is 1. The molecule has 1 aromatic heterocycles. The van der Waals surface area contributed by atoms with Gasteiger partial charge in [-0.25, -0.2) is 9.97 Å². The van der Waals surface area contributed by atoms with Crippen LogP contribution in [0.3, 0.4) is 0 Å². The van der Waals surface area contributed by atoms with Crippen molar-refractivity contribution in [2.75, 3.05) is 6.54 Å². The molecule has 0 saturated carbocycles. The third-order valence-corrected chi connectivity index (χ3v) is 5.56. The first-order chi connectivity index (χ1) is 16.3. The van der Waals surface area contributed by atoms with Crippen molar-refractivity contribution in [2.24, 2.45) is 0 Å². The van der Waals surface area contributed by atoms with Crippen LogP contribution in [0, 0.1) is 0 Å². The summed E-state index contributed by atoms with van der Waals surface area (Å²) in [5.41, 5.74) is 6.86. The van der Waals surface area contributed by atoms with Crippen molar-refractivity contribution >= 4 is 16.9 Å². The molecule has 0 aliphatic carbocycles. The molecule has 4 heteroatoms. The molecule has 33 heavy (non-hydrogen) atoms. The van der Waals surface area contributed by atoms with E-state index in [1.807, 2.05) is 97.1 Å². The lowest BCUT2D eigenvalue weighted by Gasteiger charge is -2.11. The van der Waals surface area contributed by atoms with E-state index in [4.69, 9.17) is 9.97 Å². The molecule has 5 aromatic rings. The maximum atomic E-state index is 12.8. The van der Waals surface area contributed by atoms with Gasteiger partial charge in [0.2, 0.25) is 0 Å². The largest absolute Gasteiger partial charge is 0.352 e. The third kappa shape index (κ3) is 4.65. The van der Waals surface area contributed by atoms with E-state index in [1.165, 1.54) is 5.56 Å². The maximum absolute atomic E-state index is 12.8. The van der Waals surface area contributed by atoms with E-state index in [2.05, 4.69) is 17.4 Å². The molecule has 0 spiro atoms. The summed E-state index contributed by atoms with van der Waals surface area (Å²) in [6.07, 6.45) is 0.790. The van der Waals surface area contributed by atoms with Crippen molar-refractivity contribution in [3.8, 4) is 22.5 Å². The SMILES string of the molecule is O=C(NCCc1ccccc1)c1ccc2nc(-c3ccccc3)c(-c3ccccc3)nc2c1. The molecule has 0 aliphatic rings. The fourth-order valence-corrected chi connectivity index (χ4v) is 3.86. The molecule has 0 fully saturated rings. The number of carbonyl (C=O) groups is 1. The number of hydrogen-bond donors (Lipinski definition) is 1. The predicted octanol–water partition coefficient (Wildman–Crippen LogP) is 5.94. The fourth-order valence-electron chi connectivity index (χ4n) is 3.86. The average Bonchev–Trinajstić information content (AvgIpc) is 2.89. The Kier molecular flexibility index (Phi) is 5.89.